The molecule has 0 saturated heterocycles. The lowest BCUT2D eigenvalue weighted by molar-refractivity contribution is -0.115. The fourth-order valence-corrected chi connectivity index (χ4v) is 2.87. The van der Waals surface area contributed by atoms with E-state index >= 15 is 0 Å². The Morgan fingerprint density at radius 2 is 1.90 bits per heavy atom. The van der Waals surface area contributed by atoms with E-state index in [9.17, 15) is 4.79 Å². The number of hydrogen-bond acceptors (Lipinski definition) is 2. The van der Waals surface area contributed by atoms with Gasteiger partial charge in [0.25, 0.3) is 0 Å². The van der Waals surface area contributed by atoms with Crippen LogP contribution in [0.25, 0.3) is 0 Å². The Hall–Kier alpha value is -2.13. The van der Waals surface area contributed by atoms with Crippen molar-refractivity contribution in [3.05, 3.63) is 64.7 Å². The summed E-state index contributed by atoms with van der Waals surface area (Å²) >= 11 is 0. The summed E-state index contributed by atoms with van der Waals surface area (Å²) in [5, 5.41) is 12.0. The molecule has 0 radical (unpaired) electrons. The van der Waals surface area contributed by atoms with Crippen LogP contribution in [0.4, 0.5) is 5.69 Å². The highest BCUT2D eigenvalue weighted by atomic mass is 16.3. The number of benzene rings is 2. The van der Waals surface area contributed by atoms with Crippen LogP contribution in [0, 0.1) is 0 Å². The van der Waals surface area contributed by atoms with Gasteiger partial charge >= 0.3 is 0 Å². The van der Waals surface area contributed by atoms with E-state index in [1.165, 1.54) is 17.5 Å². The quantitative estimate of drug-likeness (QED) is 0.905. The number of anilines is 1. The molecule has 0 aliphatic heterocycles. The third kappa shape index (κ3) is 3.31. The normalized spacial score (nSPS) is 13.0. The van der Waals surface area contributed by atoms with Gasteiger partial charge in [0, 0.05) is 5.69 Å². The van der Waals surface area contributed by atoms with Gasteiger partial charge in [-0.1, -0.05) is 30.3 Å². The van der Waals surface area contributed by atoms with Gasteiger partial charge in [-0.3, -0.25) is 4.79 Å². The molecule has 108 valence electrons. The molecule has 0 spiro atoms. The van der Waals surface area contributed by atoms with E-state index in [-0.39, 0.29) is 12.5 Å². The van der Waals surface area contributed by atoms with Gasteiger partial charge in [-0.15, -0.1) is 0 Å². The minimum atomic E-state index is -0.0250. The molecule has 2 aromatic rings. The highest BCUT2D eigenvalue weighted by Crippen LogP contribution is 2.23. The second-order valence-corrected chi connectivity index (χ2v) is 5.54. The number of aryl methyl sites for hydroxylation is 2. The first-order valence-electron chi connectivity index (χ1n) is 7.35. The zero-order valence-corrected chi connectivity index (χ0v) is 11.9. The Morgan fingerprint density at radius 3 is 2.76 bits per heavy atom. The van der Waals surface area contributed by atoms with Crippen LogP contribution in [-0.4, -0.2) is 11.0 Å². The molecule has 1 aliphatic carbocycles. The molecular formula is C18H19NO2. The van der Waals surface area contributed by atoms with Crippen LogP contribution in [0.1, 0.15) is 28.7 Å². The first-order valence-corrected chi connectivity index (χ1v) is 7.35. The Labute approximate surface area is 124 Å². The Balaban J connectivity index is 1.66. The van der Waals surface area contributed by atoms with Gasteiger partial charge in [-0.2, -0.15) is 0 Å². The van der Waals surface area contributed by atoms with E-state index in [2.05, 4.69) is 17.4 Å². The summed E-state index contributed by atoms with van der Waals surface area (Å²) in [6.07, 6.45) is 3.90. The lowest BCUT2D eigenvalue weighted by Crippen LogP contribution is -2.14. The van der Waals surface area contributed by atoms with E-state index in [1.54, 1.807) is 6.07 Å². The fourth-order valence-electron chi connectivity index (χ4n) is 2.87. The molecule has 1 amide bonds. The molecule has 0 bridgehead atoms. The first kappa shape index (κ1) is 13.8. The molecule has 0 saturated carbocycles. The van der Waals surface area contributed by atoms with Crippen LogP contribution in [-0.2, 0) is 30.7 Å². The van der Waals surface area contributed by atoms with Crippen LogP contribution in [0.15, 0.2) is 42.5 Å². The smallest absolute Gasteiger partial charge is 0.228 e. The third-order valence-electron chi connectivity index (χ3n) is 3.92. The van der Waals surface area contributed by atoms with Gasteiger partial charge in [-0.25, -0.2) is 0 Å². The van der Waals surface area contributed by atoms with Crippen molar-refractivity contribution in [3.63, 3.8) is 0 Å². The average Bonchev–Trinajstić information content (AvgIpc) is 2.95. The zero-order valence-electron chi connectivity index (χ0n) is 11.9. The molecule has 3 nitrogen and oxygen atoms in total. The number of carbonyl (C=O) groups is 1. The van der Waals surface area contributed by atoms with Crippen molar-refractivity contribution in [2.75, 3.05) is 5.32 Å². The molecule has 1 aliphatic rings. The van der Waals surface area contributed by atoms with Crippen LogP contribution in [0.5, 0.6) is 0 Å². The largest absolute Gasteiger partial charge is 0.392 e. The molecule has 2 aromatic carbocycles. The van der Waals surface area contributed by atoms with Crippen LogP contribution < -0.4 is 5.32 Å². The summed E-state index contributed by atoms with van der Waals surface area (Å²) < 4.78 is 0. The summed E-state index contributed by atoms with van der Waals surface area (Å²) in [4.78, 5) is 12.1. The molecule has 2 N–H and O–H groups in total. The molecule has 0 atom stereocenters. The molecule has 3 rings (SSSR count). The second kappa shape index (κ2) is 6.10. The van der Waals surface area contributed by atoms with Crippen molar-refractivity contribution < 1.29 is 9.90 Å². The number of rotatable bonds is 4. The van der Waals surface area contributed by atoms with Crippen molar-refractivity contribution in [1.82, 2.24) is 0 Å². The first-order chi connectivity index (χ1) is 10.2. The fraction of sp³-hybridized carbons (Fsp3) is 0.278. The maximum atomic E-state index is 12.1. The SMILES string of the molecule is O=C(Cc1ccc2c(c1)CCC2)Nc1cccc(CO)c1. The van der Waals surface area contributed by atoms with Gasteiger partial charge in [0.1, 0.15) is 0 Å². The predicted octanol–water partition coefficient (Wildman–Crippen LogP) is 2.85. The maximum Gasteiger partial charge on any atom is 0.228 e. The predicted molar refractivity (Wildman–Crippen MR) is 83.2 cm³/mol. The Bertz CT molecular complexity index is 664. The van der Waals surface area contributed by atoms with Crippen molar-refractivity contribution >= 4 is 11.6 Å². The highest BCUT2D eigenvalue weighted by Gasteiger charge is 2.12. The molecule has 3 heteroatoms. The van der Waals surface area contributed by atoms with Crippen LogP contribution in [0.2, 0.25) is 0 Å². The number of aliphatic hydroxyl groups excluding tert-OH is 1. The Kier molecular flexibility index (Phi) is 4.02. The van der Waals surface area contributed by atoms with Crippen molar-refractivity contribution in [3.8, 4) is 0 Å². The molecule has 0 heterocycles. The van der Waals surface area contributed by atoms with Gasteiger partial charge in [-0.05, 0) is 53.6 Å². The van der Waals surface area contributed by atoms with E-state index in [4.69, 9.17) is 5.11 Å². The minimum absolute atomic E-state index is 0.0193. The van der Waals surface area contributed by atoms with Crippen molar-refractivity contribution in [2.45, 2.75) is 32.3 Å². The number of aliphatic hydroxyl groups is 1. The van der Waals surface area contributed by atoms with Crippen LogP contribution in [0.3, 0.4) is 0 Å². The maximum absolute atomic E-state index is 12.1. The average molecular weight is 281 g/mol. The summed E-state index contributed by atoms with van der Waals surface area (Å²) in [5.74, 6) is -0.0250. The minimum Gasteiger partial charge on any atom is -0.392 e. The summed E-state index contributed by atoms with van der Waals surface area (Å²) in [6.45, 7) is -0.0193. The van der Waals surface area contributed by atoms with E-state index in [1.807, 2.05) is 24.3 Å². The van der Waals surface area contributed by atoms with Crippen molar-refractivity contribution in [2.24, 2.45) is 0 Å². The summed E-state index contributed by atoms with van der Waals surface area (Å²) in [7, 11) is 0. The van der Waals surface area contributed by atoms with E-state index in [0.29, 0.717) is 6.42 Å². The monoisotopic (exact) mass is 281 g/mol. The van der Waals surface area contributed by atoms with Crippen LogP contribution >= 0.6 is 0 Å². The number of fused-ring (bicyclic) bond motifs is 1. The lowest BCUT2D eigenvalue weighted by atomic mass is 10.0. The standard InChI is InChI=1S/C18H19NO2/c20-12-14-3-1-6-17(10-14)19-18(21)11-13-7-8-15-4-2-5-16(15)9-13/h1,3,6-10,20H,2,4-5,11-12H2,(H,19,21). The molecular weight excluding hydrogens is 262 g/mol. The zero-order chi connectivity index (χ0) is 14.7. The third-order valence-corrected chi connectivity index (χ3v) is 3.92. The van der Waals surface area contributed by atoms with Gasteiger partial charge in [0.2, 0.25) is 5.91 Å². The van der Waals surface area contributed by atoms with Gasteiger partial charge in [0.15, 0.2) is 0 Å². The molecule has 0 aromatic heterocycles. The van der Waals surface area contributed by atoms with Gasteiger partial charge in [0.05, 0.1) is 13.0 Å². The van der Waals surface area contributed by atoms with Crippen molar-refractivity contribution in [1.29, 1.82) is 0 Å². The topological polar surface area (TPSA) is 49.3 Å². The number of nitrogens with one attached hydrogen (secondary N) is 1. The number of amides is 1. The molecule has 0 fully saturated rings. The summed E-state index contributed by atoms with van der Waals surface area (Å²) in [6, 6.07) is 13.6. The van der Waals surface area contributed by atoms with Gasteiger partial charge < -0.3 is 10.4 Å². The number of hydrogen-bond donors (Lipinski definition) is 2. The lowest BCUT2D eigenvalue weighted by Gasteiger charge is -2.08. The van der Waals surface area contributed by atoms with E-state index < -0.39 is 0 Å². The highest BCUT2D eigenvalue weighted by molar-refractivity contribution is 5.92. The second-order valence-electron chi connectivity index (χ2n) is 5.54. The molecule has 0 unspecified atom stereocenters. The number of carbonyl (C=O) groups excluding carboxylic acids is 1. The molecule has 21 heavy (non-hydrogen) atoms. The summed E-state index contributed by atoms with van der Waals surface area (Å²) in [5.41, 5.74) is 5.40. The van der Waals surface area contributed by atoms with E-state index in [0.717, 1.165) is 29.7 Å². The Morgan fingerprint density at radius 1 is 1.05 bits per heavy atom.